The molecule has 4 aromatic rings. The molecular formula is C50H59N9O7. The fourth-order valence-corrected chi connectivity index (χ4v) is 9.01. The number of piperidine rings is 1. The molecule has 2 N–H and O–H groups in total. The van der Waals surface area contributed by atoms with E-state index in [1.54, 1.807) is 24.4 Å². The summed E-state index contributed by atoms with van der Waals surface area (Å²) in [6, 6.07) is 20.3. The Morgan fingerprint density at radius 1 is 0.697 bits per heavy atom. The van der Waals surface area contributed by atoms with Crippen LogP contribution in [0.25, 0.3) is 11.3 Å². The minimum Gasteiger partial charge on any atom is -0.492 e. The summed E-state index contributed by atoms with van der Waals surface area (Å²) in [5.41, 5.74) is 5.93. The highest BCUT2D eigenvalue weighted by atomic mass is 16.5. The molecule has 5 aliphatic rings. The van der Waals surface area contributed by atoms with E-state index in [2.05, 4.69) is 60.0 Å². The third kappa shape index (κ3) is 11.3. The van der Waals surface area contributed by atoms with E-state index in [1.165, 1.54) is 0 Å². The summed E-state index contributed by atoms with van der Waals surface area (Å²) in [4.78, 5) is 59.2. The van der Waals surface area contributed by atoms with E-state index in [4.69, 9.17) is 23.9 Å². The van der Waals surface area contributed by atoms with Crippen LogP contribution in [0.3, 0.4) is 0 Å². The van der Waals surface area contributed by atoms with Crippen molar-refractivity contribution in [2.75, 3.05) is 110 Å². The van der Waals surface area contributed by atoms with Crippen molar-refractivity contribution in [3.63, 3.8) is 0 Å². The number of hydrogen-bond donors (Lipinski definition) is 2. The van der Waals surface area contributed by atoms with Gasteiger partial charge in [-0.1, -0.05) is 36.9 Å². The van der Waals surface area contributed by atoms with Crippen LogP contribution in [-0.4, -0.2) is 163 Å². The lowest BCUT2D eigenvalue weighted by Crippen LogP contribution is -2.52. The van der Waals surface area contributed by atoms with E-state index in [9.17, 15) is 14.4 Å². The molecule has 0 spiro atoms. The molecule has 1 atom stereocenters. The molecule has 1 unspecified atom stereocenters. The lowest BCUT2D eigenvalue weighted by Gasteiger charge is -2.38. The van der Waals surface area contributed by atoms with Gasteiger partial charge in [0.15, 0.2) is 0 Å². The molecule has 6 heterocycles. The first-order valence-corrected chi connectivity index (χ1v) is 23.1. The SMILES string of the molecule is C=C1CCC(N2C(=O)c3ccc(OCCN4CCN(CCN5CCN(CCOc6ccc7cc6COC/C=C/COCc6cccc(c6)-c6ccnc(n6)N7)CC5)CC4)cc3C2=O)C(=O)N1. The minimum atomic E-state index is -0.831. The zero-order valence-corrected chi connectivity index (χ0v) is 37.5. The van der Waals surface area contributed by atoms with Gasteiger partial charge in [0.2, 0.25) is 11.9 Å². The van der Waals surface area contributed by atoms with Crippen molar-refractivity contribution in [2.24, 2.45) is 0 Å². The number of nitrogens with one attached hydrogen (secondary N) is 2. The minimum absolute atomic E-state index is 0.281. The molecule has 66 heavy (non-hydrogen) atoms. The van der Waals surface area contributed by atoms with Crippen LogP contribution in [0.1, 0.15) is 44.7 Å². The maximum atomic E-state index is 13.2. The lowest BCUT2D eigenvalue weighted by atomic mass is 10.0. The van der Waals surface area contributed by atoms with Crippen LogP contribution >= 0.6 is 0 Å². The fraction of sp³-hybridized carbons (Fsp3) is 0.420. The highest BCUT2D eigenvalue weighted by Gasteiger charge is 2.44. The van der Waals surface area contributed by atoms with Crippen LogP contribution in [0.15, 0.2) is 97.4 Å². The second kappa shape index (κ2) is 21.5. The van der Waals surface area contributed by atoms with Crippen LogP contribution in [0.4, 0.5) is 11.6 Å². The average molecular weight is 898 g/mol. The number of imide groups is 1. The van der Waals surface area contributed by atoms with E-state index in [0.717, 1.165) is 117 Å². The Bertz CT molecular complexity index is 2410. The first-order chi connectivity index (χ1) is 32.3. The number of hydrogen-bond acceptors (Lipinski definition) is 14. The first-order valence-electron chi connectivity index (χ1n) is 23.1. The topological polar surface area (TPSA) is 154 Å². The van der Waals surface area contributed by atoms with E-state index in [1.807, 2.05) is 42.5 Å². The molecular weight excluding hydrogens is 839 g/mol. The van der Waals surface area contributed by atoms with Crippen molar-refractivity contribution < 1.29 is 33.3 Å². The summed E-state index contributed by atoms with van der Waals surface area (Å²) < 4.78 is 24.4. The van der Waals surface area contributed by atoms with Crippen molar-refractivity contribution in [3.05, 3.63) is 120 Å². The second-order valence-electron chi connectivity index (χ2n) is 17.3. The quantitative estimate of drug-likeness (QED) is 0.151. The van der Waals surface area contributed by atoms with E-state index in [0.29, 0.717) is 75.4 Å². The van der Waals surface area contributed by atoms with Gasteiger partial charge in [0.25, 0.3) is 11.8 Å². The van der Waals surface area contributed by atoms with Crippen molar-refractivity contribution in [1.29, 1.82) is 0 Å². The highest BCUT2D eigenvalue weighted by molar-refractivity contribution is 6.23. The van der Waals surface area contributed by atoms with E-state index >= 15 is 0 Å². The van der Waals surface area contributed by atoms with Gasteiger partial charge in [0.05, 0.1) is 43.2 Å². The Hall–Kier alpha value is -6.01. The monoisotopic (exact) mass is 897 g/mol. The van der Waals surface area contributed by atoms with Gasteiger partial charge in [-0.05, 0) is 66.9 Å². The van der Waals surface area contributed by atoms with Gasteiger partial charge >= 0.3 is 0 Å². The molecule has 5 aliphatic heterocycles. The van der Waals surface area contributed by atoms with Gasteiger partial charge in [0.1, 0.15) is 30.8 Å². The van der Waals surface area contributed by atoms with Crippen LogP contribution in [-0.2, 0) is 27.5 Å². The van der Waals surface area contributed by atoms with E-state index < -0.39 is 17.9 Å². The number of aromatic nitrogens is 2. The largest absolute Gasteiger partial charge is 0.492 e. The number of carbonyl (C=O) groups is 3. The van der Waals surface area contributed by atoms with Crippen LogP contribution in [0.5, 0.6) is 11.5 Å². The molecule has 0 saturated carbocycles. The number of piperazine rings is 2. The Balaban J connectivity index is 0.675. The maximum absolute atomic E-state index is 13.2. The number of allylic oxidation sites excluding steroid dienone is 1. The number of rotatable bonds is 12. The summed E-state index contributed by atoms with van der Waals surface area (Å²) in [5.74, 6) is 0.596. The Morgan fingerprint density at radius 2 is 1.38 bits per heavy atom. The third-order valence-electron chi connectivity index (χ3n) is 12.8. The summed E-state index contributed by atoms with van der Waals surface area (Å²) in [6.07, 6.45) is 6.65. The summed E-state index contributed by atoms with van der Waals surface area (Å²) in [6.45, 7) is 18.5. The van der Waals surface area contributed by atoms with Crippen molar-refractivity contribution in [1.82, 2.24) is 39.8 Å². The van der Waals surface area contributed by atoms with Gasteiger partial charge in [0, 0.05) is 107 Å². The normalized spacial score (nSPS) is 20.8. The van der Waals surface area contributed by atoms with Crippen LogP contribution in [0.2, 0.25) is 0 Å². The number of ether oxygens (including phenoxy) is 4. The number of amides is 3. The zero-order chi connectivity index (χ0) is 45.2. The molecule has 3 aromatic carbocycles. The van der Waals surface area contributed by atoms with Gasteiger partial charge in [-0.15, -0.1) is 0 Å². The number of benzene rings is 3. The first kappa shape index (κ1) is 45.2. The standard InChI is InChI=1S/C50H59N9O7/c1-36-7-11-45(47(60)52-36)59-48(61)42-10-9-41(33-43(42)49(59)62)65-29-25-57-21-17-55(18-22-57)15-16-56-19-23-58(24-20-56)26-30-66-46-12-8-40-32-39(46)35-64-28-3-2-27-63-34-37-5-4-6-38(31-37)44-13-14-51-50(53-40)54-44/h2-6,8-10,12-14,31-33,45H,1,7,11,15-30,34-35H2,(H,52,60)(H,51,53,54)/b3-2+. The van der Waals surface area contributed by atoms with Crippen LogP contribution < -0.4 is 20.1 Å². The zero-order valence-electron chi connectivity index (χ0n) is 37.5. The van der Waals surface area contributed by atoms with Crippen molar-refractivity contribution >= 4 is 29.4 Å². The predicted molar refractivity (Wildman–Crippen MR) is 250 cm³/mol. The van der Waals surface area contributed by atoms with Crippen molar-refractivity contribution in [3.8, 4) is 22.8 Å². The summed E-state index contributed by atoms with van der Waals surface area (Å²) in [5, 5.41) is 6.05. The fourth-order valence-electron chi connectivity index (χ4n) is 9.01. The second-order valence-corrected chi connectivity index (χ2v) is 17.3. The van der Waals surface area contributed by atoms with Gasteiger partial charge in [-0.2, -0.15) is 0 Å². The van der Waals surface area contributed by atoms with Gasteiger partial charge in [-0.25, -0.2) is 9.97 Å². The maximum Gasteiger partial charge on any atom is 0.262 e. The molecule has 0 aliphatic carbocycles. The Kier molecular flexibility index (Phi) is 14.7. The molecule has 6 bridgehead atoms. The number of fused-ring (bicyclic) bond motifs is 8. The van der Waals surface area contributed by atoms with Crippen LogP contribution in [0, 0.1) is 0 Å². The Morgan fingerprint density at radius 3 is 2.11 bits per heavy atom. The summed E-state index contributed by atoms with van der Waals surface area (Å²) in [7, 11) is 0. The third-order valence-corrected chi connectivity index (χ3v) is 12.8. The molecule has 1 aromatic heterocycles. The molecule has 16 heteroatoms. The molecule has 3 fully saturated rings. The molecule has 0 radical (unpaired) electrons. The van der Waals surface area contributed by atoms with Crippen molar-refractivity contribution in [2.45, 2.75) is 32.1 Å². The predicted octanol–water partition coefficient (Wildman–Crippen LogP) is 4.57. The average Bonchev–Trinajstić information content (AvgIpc) is 3.58. The lowest BCUT2D eigenvalue weighted by molar-refractivity contribution is -0.125. The molecule has 16 nitrogen and oxygen atoms in total. The van der Waals surface area contributed by atoms with Gasteiger partial charge < -0.3 is 29.6 Å². The van der Waals surface area contributed by atoms with E-state index in [-0.39, 0.29) is 11.5 Å². The molecule has 3 saturated heterocycles. The molecule has 3 amide bonds. The Labute approximate surface area is 386 Å². The summed E-state index contributed by atoms with van der Waals surface area (Å²) >= 11 is 0. The number of anilines is 2. The van der Waals surface area contributed by atoms with Gasteiger partial charge in [-0.3, -0.25) is 38.9 Å². The number of carbonyl (C=O) groups excluding carboxylic acids is 3. The molecule has 346 valence electrons. The highest BCUT2D eigenvalue weighted by Crippen LogP contribution is 2.31. The smallest absolute Gasteiger partial charge is 0.262 e. The molecule has 9 rings (SSSR count). The number of nitrogens with zero attached hydrogens (tertiary/aromatic N) is 7.